The fourth-order valence-corrected chi connectivity index (χ4v) is 2.64. The van der Waals surface area contributed by atoms with Crippen molar-refractivity contribution in [2.75, 3.05) is 5.32 Å². The molecule has 0 unspecified atom stereocenters. The summed E-state index contributed by atoms with van der Waals surface area (Å²) in [4.78, 5) is 12.3. The van der Waals surface area contributed by atoms with Gasteiger partial charge in [0.15, 0.2) is 5.69 Å². The lowest BCUT2D eigenvalue weighted by atomic mass is 10.2. The number of nitrogens with one attached hydrogen (secondary N) is 1. The lowest BCUT2D eigenvalue weighted by Crippen LogP contribution is -2.14. The van der Waals surface area contributed by atoms with Crippen molar-refractivity contribution < 1.29 is 4.79 Å². The highest BCUT2D eigenvalue weighted by molar-refractivity contribution is 6.30. The fourth-order valence-electron chi connectivity index (χ4n) is 2.52. The van der Waals surface area contributed by atoms with E-state index in [2.05, 4.69) is 10.4 Å². The van der Waals surface area contributed by atoms with Gasteiger partial charge in [0.1, 0.15) is 0 Å². The molecule has 1 aliphatic rings. The molecule has 0 radical (unpaired) electrons. The molecule has 0 atom stereocenters. The number of fused-ring (bicyclic) bond motifs is 1. The van der Waals surface area contributed by atoms with E-state index in [1.807, 2.05) is 11.7 Å². The number of rotatable bonds is 2. The van der Waals surface area contributed by atoms with Crippen molar-refractivity contribution in [1.29, 1.82) is 0 Å². The number of anilines is 1. The third kappa shape index (κ3) is 2.24. The molecule has 1 aromatic heterocycles. The minimum atomic E-state index is -0.152. The van der Waals surface area contributed by atoms with Gasteiger partial charge in [-0.25, -0.2) is 0 Å². The number of amides is 1. The molecule has 2 aromatic rings. The highest BCUT2D eigenvalue weighted by Gasteiger charge is 2.24. The molecule has 0 spiro atoms. The van der Waals surface area contributed by atoms with Crippen molar-refractivity contribution in [3.63, 3.8) is 0 Å². The topological polar surface area (TPSA) is 46.9 Å². The highest BCUT2D eigenvalue weighted by Crippen LogP contribution is 2.25. The van der Waals surface area contributed by atoms with Crippen LogP contribution in [0.4, 0.5) is 5.69 Å². The van der Waals surface area contributed by atoms with Crippen molar-refractivity contribution in [1.82, 2.24) is 9.78 Å². The number of hydrogen-bond donors (Lipinski definition) is 1. The molecule has 0 bridgehead atoms. The molecule has 1 N–H and O–H groups in total. The van der Waals surface area contributed by atoms with Gasteiger partial charge in [0.25, 0.3) is 5.91 Å². The second kappa shape index (κ2) is 4.70. The van der Waals surface area contributed by atoms with E-state index in [1.54, 1.807) is 24.3 Å². The minimum absolute atomic E-state index is 0.152. The van der Waals surface area contributed by atoms with E-state index >= 15 is 0 Å². The number of aromatic nitrogens is 2. The van der Waals surface area contributed by atoms with Gasteiger partial charge in [0.05, 0.1) is 0 Å². The molecule has 1 amide bonds. The zero-order valence-electron chi connectivity index (χ0n) is 10.6. The normalized spacial score (nSPS) is 13.4. The van der Waals surface area contributed by atoms with Gasteiger partial charge in [-0.2, -0.15) is 5.10 Å². The van der Waals surface area contributed by atoms with Crippen LogP contribution in [0, 0.1) is 0 Å². The maximum atomic E-state index is 12.3. The third-order valence-electron chi connectivity index (χ3n) is 3.43. The molecule has 3 rings (SSSR count). The Labute approximate surface area is 116 Å². The summed E-state index contributed by atoms with van der Waals surface area (Å²) in [6.45, 7) is 0. The summed E-state index contributed by atoms with van der Waals surface area (Å²) in [5.74, 6) is -0.152. The van der Waals surface area contributed by atoms with Gasteiger partial charge in [-0.05, 0) is 43.5 Å². The summed E-state index contributed by atoms with van der Waals surface area (Å²) in [6.07, 6.45) is 3.04. The van der Waals surface area contributed by atoms with Crippen LogP contribution in [0.1, 0.15) is 28.2 Å². The van der Waals surface area contributed by atoms with Gasteiger partial charge in [0, 0.05) is 29.0 Å². The Bertz CT molecular complexity index is 631. The van der Waals surface area contributed by atoms with Crippen LogP contribution in [0.2, 0.25) is 5.02 Å². The summed E-state index contributed by atoms with van der Waals surface area (Å²) in [5.41, 5.74) is 3.55. The van der Waals surface area contributed by atoms with Crippen LogP contribution < -0.4 is 5.32 Å². The maximum absolute atomic E-state index is 12.3. The van der Waals surface area contributed by atoms with Gasteiger partial charge in [0.2, 0.25) is 0 Å². The predicted molar refractivity (Wildman–Crippen MR) is 74.6 cm³/mol. The summed E-state index contributed by atoms with van der Waals surface area (Å²) in [7, 11) is 1.89. The number of carbonyl (C=O) groups is 1. The average molecular weight is 276 g/mol. The first kappa shape index (κ1) is 12.2. The Morgan fingerprint density at radius 1 is 1.32 bits per heavy atom. The molecule has 0 saturated heterocycles. The van der Waals surface area contributed by atoms with Crippen molar-refractivity contribution in [3.05, 3.63) is 46.2 Å². The van der Waals surface area contributed by atoms with E-state index in [-0.39, 0.29) is 5.91 Å². The molecule has 98 valence electrons. The minimum Gasteiger partial charge on any atom is -0.321 e. The molecule has 1 aromatic carbocycles. The first-order chi connectivity index (χ1) is 9.15. The summed E-state index contributed by atoms with van der Waals surface area (Å²) in [6, 6.07) is 7.06. The van der Waals surface area contributed by atoms with Crippen LogP contribution >= 0.6 is 11.6 Å². The Morgan fingerprint density at radius 3 is 2.79 bits per heavy atom. The van der Waals surface area contributed by atoms with Crippen molar-refractivity contribution in [2.45, 2.75) is 19.3 Å². The Morgan fingerprint density at radius 2 is 2.05 bits per heavy atom. The van der Waals surface area contributed by atoms with Crippen LogP contribution in [0.5, 0.6) is 0 Å². The molecule has 0 fully saturated rings. The summed E-state index contributed by atoms with van der Waals surface area (Å²) < 4.78 is 1.82. The zero-order chi connectivity index (χ0) is 13.4. The molecule has 5 heteroatoms. The van der Waals surface area contributed by atoms with E-state index < -0.39 is 0 Å². The highest BCUT2D eigenvalue weighted by atomic mass is 35.5. The van der Waals surface area contributed by atoms with Gasteiger partial charge >= 0.3 is 0 Å². The lowest BCUT2D eigenvalue weighted by Gasteiger charge is -2.04. The van der Waals surface area contributed by atoms with Crippen LogP contribution in [-0.4, -0.2) is 15.7 Å². The molecule has 19 heavy (non-hydrogen) atoms. The van der Waals surface area contributed by atoms with E-state index in [9.17, 15) is 4.79 Å². The van der Waals surface area contributed by atoms with Crippen LogP contribution in [-0.2, 0) is 19.9 Å². The Hall–Kier alpha value is -1.81. The van der Waals surface area contributed by atoms with Crippen molar-refractivity contribution in [3.8, 4) is 0 Å². The number of nitrogens with zero attached hydrogens (tertiary/aromatic N) is 2. The number of halogens is 1. The number of hydrogen-bond acceptors (Lipinski definition) is 2. The zero-order valence-corrected chi connectivity index (χ0v) is 11.4. The van der Waals surface area contributed by atoms with Crippen molar-refractivity contribution >= 4 is 23.2 Å². The van der Waals surface area contributed by atoms with E-state index in [1.165, 1.54) is 5.69 Å². The number of carbonyl (C=O) groups excluding carboxylic acids is 1. The van der Waals surface area contributed by atoms with E-state index in [4.69, 9.17) is 11.6 Å². The van der Waals surface area contributed by atoms with Gasteiger partial charge in [-0.3, -0.25) is 9.48 Å². The average Bonchev–Trinajstić information content (AvgIpc) is 2.97. The smallest absolute Gasteiger partial charge is 0.276 e. The lowest BCUT2D eigenvalue weighted by molar-refractivity contribution is 0.102. The molecular weight excluding hydrogens is 262 g/mol. The van der Waals surface area contributed by atoms with Crippen molar-refractivity contribution in [2.24, 2.45) is 7.05 Å². The second-order valence-corrected chi connectivity index (χ2v) is 5.15. The fraction of sp³-hybridized carbons (Fsp3) is 0.286. The van der Waals surface area contributed by atoms with Crippen LogP contribution in [0.15, 0.2) is 24.3 Å². The Balaban J connectivity index is 1.85. The molecular formula is C14H14ClN3O. The SMILES string of the molecule is Cn1nc(C(=O)Nc2ccc(Cl)cc2)c2c1CCC2. The summed E-state index contributed by atoms with van der Waals surface area (Å²) in [5, 5.41) is 7.83. The quantitative estimate of drug-likeness (QED) is 0.916. The number of benzene rings is 1. The first-order valence-electron chi connectivity index (χ1n) is 6.27. The van der Waals surface area contributed by atoms with Gasteiger partial charge in [-0.15, -0.1) is 0 Å². The molecule has 0 saturated carbocycles. The molecule has 4 nitrogen and oxygen atoms in total. The number of aryl methyl sites for hydroxylation is 1. The molecule has 1 aliphatic carbocycles. The predicted octanol–water partition coefficient (Wildman–Crippen LogP) is 2.81. The third-order valence-corrected chi connectivity index (χ3v) is 3.68. The van der Waals surface area contributed by atoms with E-state index in [0.29, 0.717) is 10.7 Å². The van der Waals surface area contributed by atoms with Gasteiger partial charge in [-0.1, -0.05) is 11.6 Å². The maximum Gasteiger partial charge on any atom is 0.276 e. The van der Waals surface area contributed by atoms with Crippen LogP contribution in [0.3, 0.4) is 0 Å². The largest absolute Gasteiger partial charge is 0.321 e. The standard InChI is InChI=1S/C14H14ClN3O/c1-18-12-4-2-3-11(12)13(17-18)14(19)16-10-7-5-9(15)6-8-10/h5-8H,2-4H2,1H3,(H,16,19). The van der Waals surface area contributed by atoms with Gasteiger partial charge < -0.3 is 5.32 Å². The monoisotopic (exact) mass is 275 g/mol. The molecule has 0 aliphatic heterocycles. The van der Waals surface area contributed by atoms with E-state index in [0.717, 1.165) is 30.5 Å². The Kier molecular flexibility index (Phi) is 3.03. The second-order valence-electron chi connectivity index (χ2n) is 4.71. The summed E-state index contributed by atoms with van der Waals surface area (Å²) >= 11 is 5.82. The van der Waals surface area contributed by atoms with Crippen LogP contribution in [0.25, 0.3) is 0 Å². The first-order valence-corrected chi connectivity index (χ1v) is 6.64. The molecule has 1 heterocycles.